The molecule has 0 unspecified atom stereocenters. The third-order valence-electron chi connectivity index (χ3n) is 2.39. The highest BCUT2D eigenvalue weighted by atomic mass is 32.2. The highest BCUT2D eigenvalue weighted by Crippen LogP contribution is 2.42. The fourth-order valence-corrected chi connectivity index (χ4v) is 2.43. The number of hydrogen-bond donors (Lipinski definition) is 4. The SMILES string of the molecule is Nc1cc(N)c(N)c(Sc2ccccc2)c1N. The second-order valence-electron chi connectivity index (χ2n) is 3.63. The maximum absolute atomic E-state index is 5.92. The minimum absolute atomic E-state index is 0.454. The van der Waals surface area contributed by atoms with Crippen LogP contribution in [0.25, 0.3) is 0 Å². The molecule has 2 aromatic rings. The van der Waals surface area contributed by atoms with Crippen molar-refractivity contribution in [1.29, 1.82) is 0 Å². The zero-order valence-corrected chi connectivity index (χ0v) is 10.00. The lowest BCUT2D eigenvalue weighted by atomic mass is 10.2. The summed E-state index contributed by atoms with van der Waals surface area (Å²) in [6, 6.07) is 11.4. The average molecular weight is 246 g/mol. The molecule has 4 nitrogen and oxygen atoms in total. The molecule has 2 rings (SSSR count). The van der Waals surface area contributed by atoms with Gasteiger partial charge in [-0.2, -0.15) is 0 Å². The Balaban J connectivity index is 2.46. The van der Waals surface area contributed by atoms with Gasteiger partial charge in [0.2, 0.25) is 0 Å². The standard InChI is InChI=1S/C12H14N4S/c13-8-6-9(14)11(16)12(10(8)15)17-7-4-2-1-3-5-7/h1-6H,13-16H2. The molecule has 88 valence electrons. The molecular formula is C12H14N4S. The smallest absolute Gasteiger partial charge is 0.0712 e. The molecule has 0 fully saturated rings. The number of nitrogens with two attached hydrogens (primary N) is 4. The van der Waals surface area contributed by atoms with Crippen LogP contribution < -0.4 is 22.9 Å². The zero-order chi connectivity index (χ0) is 12.4. The van der Waals surface area contributed by atoms with Crippen molar-refractivity contribution in [2.45, 2.75) is 9.79 Å². The van der Waals surface area contributed by atoms with Crippen molar-refractivity contribution in [2.24, 2.45) is 0 Å². The molecule has 0 bridgehead atoms. The summed E-state index contributed by atoms with van der Waals surface area (Å²) >= 11 is 1.46. The predicted octanol–water partition coefficient (Wildman–Crippen LogP) is 2.17. The lowest BCUT2D eigenvalue weighted by Crippen LogP contribution is -2.04. The molecule has 0 aliphatic rings. The quantitative estimate of drug-likeness (QED) is 0.608. The van der Waals surface area contributed by atoms with Crippen LogP contribution in [0.2, 0.25) is 0 Å². The van der Waals surface area contributed by atoms with Gasteiger partial charge in [-0.3, -0.25) is 0 Å². The molecule has 0 heterocycles. The summed E-state index contributed by atoms with van der Waals surface area (Å²) in [7, 11) is 0. The maximum Gasteiger partial charge on any atom is 0.0712 e. The van der Waals surface area contributed by atoms with Crippen LogP contribution in [0.1, 0.15) is 0 Å². The van der Waals surface area contributed by atoms with Crippen molar-refractivity contribution < 1.29 is 0 Å². The van der Waals surface area contributed by atoms with Crippen LogP contribution in [-0.4, -0.2) is 0 Å². The molecule has 0 aliphatic heterocycles. The maximum atomic E-state index is 5.92. The minimum atomic E-state index is 0.454. The van der Waals surface area contributed by atoms with Gasteiger partial charge < -0.3 is 22.9 Å². The Morgan fingerprint density at radius 2 is 1.29 bits per heavy atom. The summed E-state index contributed by atoms with van der Waals surface area (Å²) in [5, 5.41) is 0. The third kappa shape index (κ3) is 2.24. The monoisotopic (exact) mass is 246 g/mol. The minimum Gasteiger partial charge on any atom is -0.397 e. The topological polar surface area (TPSA) is 104 Å². The van der Waals surface area contributed by atoms with Gasteiger partial charge in [0.05, 0.1) is 27.6 Å². The van der Waals surface area contributed by atoms with Crippen LogP contribution >= 0.6 is 11.8 Å². The summed E-state index contributed by atoms with van der Waals surface area (Å²) in [5.41, 5.74) is 25.2. The lowest BCUT2D eigenvalue weighted by Gasteiger charge is -2.13. The van der Waals surface area contributed by atoms with Crippen molar-refractivity contribution >= 4 is 34.5 Å². The molecule has 0 spiro atoms. The molecule has 0 aromatic heterocycles. The van der Waals surface area contributed by atoms with Crippen LogP contribution in [-0.2, 0) is 0 Å². The first-order valence-corrected chi connectivity index (χ1v) is 5.87. The van der Waals surface area contributed by atoms with Crippen molar-refractivity contribution in [1.82, 2.24) is 0 Å². The summed E-state index contributed by atoms with van der Waals surface area (Å²) in [6.07, 6.45) is 0. The molecule has 5 heteroatoms. The van der Waals surface area contributed by atoms with E-state index in [2.05, 4.69) is 0 Å². The normalized spacial score (nSPS) is 10.4. The van der Waals surface area contributed by atoms with E-state index in [9.17, 15) is 0 Å². The van der Waals surface area contributed by atoms with E-state index in [0.717, 1.165) is 4.90 Å². The highest BCUT2D eigenvalue weighted by Gasteiger charge is 2.12. The van der Waals surface area contributed by atoms with Gasteiger partial charge in [-0.1, -0.05) is 30.0 Å². The van der Waals surface area contributed by atoms with Gasteiger partial charge in [-0.15, -0.1) is 0 Å². The van der Waals surface area contributed by atoms with Crippen molar-refractivity contribution in [3.05, 3.63) is 36.4 Å². The largest absolute Gasteiger partial charge is 0.397 e. The van der Waals surface area contributed by atoms with Crippen molar-refractivity contribution in [2.75, 3.05) is 22.9 Å². The Morgan fingerprint density at radius 3 is 1.82 bits per heavy atom. The molecule has 0 radical (unpaired) electrons. The Kier molecular flexibility index (Phi) is 3.01. The second-order valence-corrected chi connectivity index (χ2v) is 4.71. The van der Waals surface area contributed by atoms with E-state index in [4.69, 9.17) is 22.9 Å². The van der Waals surface area contributed by atoms with Gasteiger partial charge in [0.25, 0.3) is 0 Å². The Hall–Kier alpha value is -2.01. The first-order valence-electron chi connectivity index (χ1n) is 5.05. The summed E-state index contributed by atoms with van der Waals surface area (Å²) < 4.78 is 0. The fourth-order valence-electron chi connectivity index (χ4n) is 1.45. The van der Waals surface area contributed by atoms with E-state index in [1.807, 2.05) is 30.3 Å². The molecule has 17 heavy (non-hydrogen) atoms. The fraction of sp³-hybridized carbons (Fsp3) is 0. The molecule has 0 saturated heterocycles. The van der Waals surface area contributed by atoms with E-state index in [1.54, 1.807) is 6.07 Å². The third-order valence-corrected chi connectivity index (χ3v) is 3.54. The van der Waals surface area contributed by atoms with Gasteiger partial charge in [0.15, 0.2) is 0 Å². The van der Waals surface area contributed by atoms with Gasteiger partial charge in [0.1, 0.15) is 0 Å². The van der Waals surface area contributed by atoms with Gasteiger partial charge in [-0.05, 0) is 18.2 Å². The zero-order valence-electron chi connectivity index (χ0n) is 9.18. The number of anilines is 4. The van der Waals surface area contributed by atoms with Crippen LogP contribution in [0, 0.1) is 0 Å². The van der Waals surface area contributed by atoms with Gasteiger partial charge >= 0.3 is 0 Å². The molecule has 0 aliphatic carbocycles. The number of rotatable bonds is 2. The molecule has 0 amide bonds. The van der Waals surface area contributed by atoms with Crippen LogP contribution in [0.15, 0.2) is 46.2 Å². The molecule has 8 N–H and O–H groups in total. The van der Waals surface area contributed by atoms with Crippen LogP contribution in [0.4, 0.5) is 22.7 Å². The number of nitrogen functional groups attached to an aromatic ring is 4. The van der Waals surface area contributed by atoms with Gasteiger partial charge in [-0.25, -0.2) is 0 Å². The second kappa shape index (κ2) is 4.47. The van der Waals surface area contributed by atoms with E-state index in [-0.39, 0.29) is 0 Å². The number of hydrogen-bond acceptors (Lipinski definition) is 5. The summed E-state index contributed by atoms with van der Waals surface area (Å²) in [5.74, 6) is 0. The van der Waals surface area contributed by atoms with Gasteiger partial charge in [0, 0.05) is 4.90 Å². The summed E-state index contributed by atoms with van der Waals surface area (Å²) in [4.78, 5) is 1.75. The first-order chi connectivity index (χ1) is 8.09. The van der Waals surface area contributed by atoms with E-state index < -0.39 is 0 Å². The van der Waals surface area contributed by atoms with Crippen LogP contribution in [0.3, 0.4) is 0 Å². The highest BCUT2D eigenvalue weighted by molar-refractivity contribution is 7.99. The average Bonchev–Trinajstić information content (AvgIpc) is 2.33. The molecular weight excluding hydrogens is 232 g/mol. The number of benzene rings is 2. The van der Waals surface area contributed by atoms with E-state index >= 15 is 0 Å². The molecule has 0 saturated carbocycles. The van der Waals surface area contributed by atoms with Crippen molar-refractivity contribution in [3.8, 4) is 0 Å². The van der Waals surface area contributed by atoms with E-state index in [0.29, 0.717) is 27.6 Å². The Morgan fingerprint density at radius 1 is 0.765 bits per heavy atom. The first kappa shape index (κ1) is 11.5. The predicted molar refractivity (Wildman–Crippen MR) is 74.7 cm³/mol. The summed E-state index contributed by atoms with van der Waals surface area (Å²) in [6.45, 7) is 0. The lowest BCUT2D eigenvalue weighted by molar-refractivity contribution is 1.41. The Bertz CT molecular complexity index is 514. The van der Waals surface area contributed by atoms with E-state index in [1.165, 1.54) is 11.8 Å². The molecule has 2 aromatic carbocycles. The van der Waals surface area contributed by atoms with Crippen LogP contribution in [0.5, 0.6) is 0 Å². The Labute approximate surface area is 104 Å². The van der Waals surface area contributed by atoms with Crippen molar-refractivity contribution in [3.63, 3.8) is 0 Å². The molecule has 0 atom stereocenters.